The predicted octanol–water partition coefficient (Wildman–Crippen LogP) is 6.02. The number of aromatic nitrogens is 2. The number of aryl methyl sites for hydroxylation is 2. The number of carbonyl (C=O) groups is 1. The van der Waals surface area contributed by atoms with Crippen LogP contribution in [0.2, 0.25) is 0 Å². The molecule has 0 aliphatic carbocycles. The number of hydrogen-bond acceptors (Lipinski definition) is 7. The highest BCUT2D eigenvalue weighted by Crippen LogP contribution is 2.36. The molecule has 2 aromatic heterocycles. The van der Waals surface area contributed by atoms with Gasteiger partial charge in [0.25, 0.3) is 5.91 Å². The number of nitrogens with one attached hydrogen (secondary N) is 2. The molecular formula is C32H31N5O3. The van der Waals surface area contributed by atoms with Crippen LogP contribution in [0.15, 0.2) is 83.5 Å². The number of hydrogen-bond donors (Lipinski definition) is 2. The Morgan fingerprint density at radius 2 is 1.75 bits per heavy atom. The number of fused-ring (bicyclic) bond motifs is 1. The summed E-state index contributed by atoms with van der Waals surface area (Å²) in [6.45, 7) is 7.24. The zero-order chi connectivity index (χ0) is 27.5. The monoisotopic (exact) mass is 533 g/mol. The van der Waals surface area contributed by atoms with Crippen LogP contribution in [0.3, 0.4) is 0 Å². The van der Waals surface area contributed by atoms with Crippen molar-refractivity contribution in [1.29, 1.82) is 0 Å². The molecule has 202 valence electrons. The standard InChI is InChI=1S/C32H31N5O3/c1-21-30(22(2)40-36-21)24-12-13-25-28(18-24)33-20-26(32(38)34-19-23-8-4-3-5-9-23)31(25)35-27-10-6-7-11-29(27)37-14-16-39-17-15-37/h3-13,18,20H,14-17,19H2,1-2H3,(H,33,35)(H,34,38). The number of morpholine rings is 1. The van der Waals surface area contributed by atoms with Crippen molar-refractivity contribution in [3.8, 4) is 11.1 Å². The van der Waals surface area contributed by atoms with E-state index < -0.39 is 0 Å². The summed E-state index contributed by atoms with van der Waals surface area (Å²) in [7, 11) is 0. The van der Waals surface area contributed by atoms with E-state index in [1.54, 1.807) is 6.20 Å². The van der Waals surface area contributed by atoms with Gasteiger partial charge in [0, 0.05) is 36.8 Å². The highest BCUT2D eigenvalue weighted by molar-refractivity contribution is 6.09. The van der Waals surface area contributed by atoms with E-state index in [1.165, 1.54) is 0 Å². The number of anilines is 3. The maximum absolute atomic E-state index is 13.6. The molecule has 8 nitrogen and oxygen atoms in total. The first-order valence-corrected chi connectivity index (χ1v) is 13.5. The first kappa shape index (κ1) is 25.6. The maximum atomic E-state index is 13.6. The fourth-order valence-electron chi connectivity index (χ4n) is 5.22. The van der Waals surface area contributed by atoms with Gasteiger partial charge in [-0.2, -0.15) is 0 Å². The van der Waals surface area contributed by atoms with Crippen LogP contribution in [0.1, 0.15) is 27.4 Å². The fourth-order valence-corrected chi connectivity index (χ4v) is 5.22. The van der Waals surface area contributed by atoms with Crippen molar-refractivity contribution in [3.63, 3.8) is 0 Å². The van der Waals surface area contributed by atoms with E-state index in [4.69, 9.17) is 14.2 Å². The topological polar surface area (TPSA) is 92.5 Å². The first-order chi connectivity index (χ1) is 19.6. The third-order valence-electron chi connectivity index (χ3n) is 7.25. The summed E-state index contributed by atoms with van der Waals surface area (Å²) < 4.78 is 11.0. The van der Waals surface area contributed by atoms with Crippen LogP contribution in [-0.4, -0.2) is 42.4 Å². The number of rotatable bonds is 7. The molecule has 0 saturated carbocycles. The molecule has 0 radical (unpaired) electrons. The van der Waals surface area contributed by atoms with Crippen LogP contribution >= 0.6 is 0 Å². The van der Waals surface area contributed by atoms with E-state index in [0.29, 0.717) is 31.0 Å². The molecular weight excluding hydrogens is 502 g/mol. The van der Waals surface area contributed by atoms with Gasteiger partial charge >= 0.3 is 0 Å². The Labute approximate surface area is 233 Å². The number of carbonyl (C=O) groups excluding carboxylic acids is 1. The quantitative estimate of drug-likeness (QED) is 0.264. The summed E-state index contributed by atoms with van der Waals surface area (Å²) in [4.78, 5) is 20.6. The number of pyridine rings is 1. The third-order valence-corrected chi connectivity index (χ3v) is 7.25. The SMILES string of the molecule is Cc1noc(C)c1-c1ccc2c(Nc3ccccc3N3CCOCC3)c(C(=O)NCc3ccccc3)cnc2c1. The van der Waals surface area contributed by atoms with Crippen LogP contribution < -0.4 is 15.5 Å². The second-order valence-corrected chi connectivity index (χ2v) is 9.89. The average molecular weight is 534 g/mol. The van der Waals surface area contributed by atoms with Crippen molar-refractivity contribution in [2.45, 2.75) is 20.4 Å². The average Bonchev–Trinajstić information content (AvgIpc) is 3.34. The van der Waals surface area contributed by atoms with Crippen molar-refractivity contribution >= 4 is 33.9 Å². The summed E-state index contributed by atoms with van der Waals surface area (Å²) >= 11 is 0. The Kier molecular flexibility index (Phi) is 7.16. The molecule has 8 heteroatoms. The zero-order valence-electron chi connectivity index (χ0n) is 22.6. The summed E-state index contributed by atoms with van der Waals surface area (Å²) in [5, 5.41) is 11.6. The molecule has 0 spiro atoms. The van der Waals surface area contributed by atoms with E-state index >= 15 is 0 Å². The van der Waals surface area contributed by atoms with Gasteiger partial charge in [-0.25, -0.2) is 0 Å². The van der Waals surface area contributed by atoms with Gasteiger partial charge in [-0.3, -0.25) is 9.78 Å². The summed E-state index contributed by atoms with van der Waals surface area (Å²) in [6, 6.07) is 24.1. The normalized spacial score (nSPS) is 13.4. The number of para-hydroxylation sites is 2. The van der Waals surface area contributed by atoms with Gasteiger partial charge in [-0.1, -0.05) is 59.8 Å². The molecule has 3 heterocycles. The van der Waals surface area contributed by atoms with Crippen LogP contribution in [0.25, 0.3) is 22.0 Å². The summed E-state index contributed by atoms with van der Waals surface area (Å²) in [5.74, 6) is 0.561. The molecule has 5 aromatic rings. The van der Waals surface area contributed by atoms with E-state index in [-0.39, 0.29) is 5.91 Å². The summed E-state index contributed by atoms with van der Waals surface area (Å²) in [5.41, 5.74) is 7.73. The number of benzene rings is 3. The van der Waals surface area contributed by atoms with Gasteiger partial charge in [0.2, 0.25) is 0 Å². The molecule has 6 rings (SSSR count). The summed E-state index contributed by atoms with van der Waals surface area (Å²) in [6.07, 6.45) is 1.65. The lowest BCUT2D eigenvalue weighted by Crippen LogP contribution is -2.36. The van der Waals surface area contributed by atoms with Gasteiger partial charge in [0.05, 0.1) is 47.1 Å². The smallest absolute Gasteiger partial charge is 0.255 e. The van der Waals surface area contributed by atoms with E-state index in [9.17, 15) is 4.79 Å². The van der Waals surface area contributed by atoms with Crippen molar-refractivity contribution in [3.05, 3.63) is 102 Å². The Morgan fingerprint density at radius 3 is 2.52 bits per heavy atom. The van der Waals surface area contributed by atoms with Crippen LogP contribution in [0, 0.1) is 13.8 Å². The minimum Gasteiger partial charge on any atom is -0.378 e. The largest absolute Gasteiger partial charge is 0.378 e. The Bertz CT molecular complexity index is 1640. The lowest BCUT2D eigenvalue weighted by atomic mass is 10.0. The van der Waals surface area contributed by atoms with Gasteiger partial charge in [-0.05, 0) is 43.2 Å². The fraction of sp³-hybridized carbons (Fsp3) is 0.219. The molecule has 0 atom stereocenters. The first-order valence-electron chi connectivity index (χ1n) is 13.5. The van der Waals surface area contributed by atoms with Gasteiger partial charge in [0.15, 0.2) is 0 Å². The van der Waals surface area contributed by atoms with E-state index in [2.05, 4.69) is 26.8 Å². The molecule has 0 unspecified atom stereocenters. The minimum atomic E-state index is -0.195. The molecule has 1 amide bonds. The molecule has 40 heavy (non-hydrogen) atoms. The lowest BCUT2D eigenvalue weighted by molar-refractivity contribution is 0.0951. The van der Waals surface area contributed by atoms with Crippen LogP contribution in [0.4, 0.5) is 17.1 Å². The molecule has 0 bridgehead atoms. The van der Waals surface area contributed by atoms with Gasteiger partial charge in [-0.15, -0.1) is 0 Å². The van der Waals surface area contributed by atoms with Gasteiger partial charge in [0.1, 0.15) is 5.76 Å². The highest BCUT2D eigenvalue weighted by atomic mass is 16.5. The molecule has 1 aliphatic rings. The van der Waals surface area contributed by atoms with Crippen molar-refractivity contribution in [1.82, 2.24) is 15.5 Å². The third kappa shape index (κ3) is 5.13. The molecule has 1 aliphatic heterocycles. The second kappa shape index (κ2) is 11.2. The van der Waals surface area contributed by atoms with Gasteiger partial charge < -0.3 is 24.8 Å². The van der Waals surface area contributed by atoms with E-state index in [0.717, 1.165) is 63.5 Å². The minimum absolute atomic E-state index is 0.195. The molecule has 3 aromatic carbocycles. The molecule has 1 saturated heterocycles. The lowest BCUT2D eigenvalue weighted by Gasteiger charge is -2.31. The van der Waals surface area contributed by atoms with E-state index in [1.807, 2.05) is 80.6 Å². The van der Waals surface area contributed by atoms with Crippen LogP contribution in [0.5, 0.6) is 0 Å². The second-order valence-electron chi connectivity index (χ2n) is 9.89. The Balaban J connectivity index is 1.42. The number of ether oxygens (including phenoxy) is 1. The molecule has 1 fully saturated rings. The van der Waals surface area contributed by atoms with Crippen LogP contribution in [-0.2, 0) is 11.3 Å². The van der Waals surface area contributed by atoms with Crippen molar-refractivity contribution < 1.29 is 14.1 Å². The predicted molar refractivity (Wildman–Crippen MR) is 157 cm³/mol. The molecule has 2 N–H and O–H groups in total. The Morgan fingerprint density at radius 1 is 0.975 bits per heavy atom. The maximum Gasteiger partial charge on any atom is 0.255 e. The zero-order valence-corrected chi connectivity index (χ0v) is 22.6. The highest BCUT2D eigenvalue weighted by Gasteiger charge is 2.21. The van der Waals surface area contributed by atoms with Crippen molar-refractivity contribution in [2.75, 3.05) is 36.5 Å². The number of nitrogens with zero attached hydrogens (tertiary/aromatic N) is 3. The Hall–Kier alpha value is -4.69. The van der Waals surface area contributed by atoms with Crippen molar-refractivity contribution in [2.24, 2.45) is 0 Å². The number of amides is 1.